The molecular formula is C21H30N4O3. The molecule has 0 bridgehead atoms. The number of benzene rings is 1. The van der Waals surface area contributed by atoms with Crippen molar-refractivity contribution in [3.8, 4) is 17.2 Å². The first kappa shape index (κ1) is 21.3. The Labute approximate surface area is 167 Å². The van der Waals surface area contributed by atoms with Crippen LogP contribution in [-0.4, -0.2) is 44.9 Å². The van der Waals surface area contributed by atoms with Gasteiger partial charge in [0.1, 0.15) is 11.9 Å². The molecule has 0 radical (unpaired) electrons. The normalized spacial score (nSPS) is 12.3. The molecule has 1 heterocycles. The molecule has 2 rings (SSSR count). The van der Waals surface area contributed by atoms with Gasteiger partial charge >= 0.3 is 0 Å². The summed E-state index contributed by atoms with van der Waals surface area (Å²) < 4.78 is 16.7. The van der Waals surface area contributed by atoms with Crippen LogP contribution in [0.3, 0.4) is 0 Å². The maximum absolute atomic E-state index is 5.96. The number of methoxy groups -OCH3 is 2. The lowest BCUT2D eigenvalue weighted by molar-refractivity contribution is 0.213. The predicted molar refractivity (Wildman–Crippen MR) is 112 cm³/mol. The lowest BCUT2D eigenvalue weighted by atomic mass is 10.1. The molecule has 1 unspecified atom stereocenters. The van der Waals surface area contributed by atoms with Gasteiger partial charge in [-0.25, -0.2) is 0 Å². The summed E-state index contributed by atoms with van der Waals surface area (Å²) >= 11 is 0. The maximum atomic E-state index is 5.96. The van der Waals surface area contributed by atoms with Gasteiger partial charge < -0.3 is 24.8 Å². The number of aromatic nitrogens is 1. The molecule has 0 aliphatic carbocycles. The maximum Gasteiger partial charge on any atom is 0.191 e. The third-order valence-electron chi connectivity index (χ3n) is 4.35. The number of rotatable bonds is 8. The van der Waals surface area contributed by atoms with Gasteiger partial charge in [0.05, 0.1) is 33.0 Å². The van der Waals surface area contributed by atoms with Crippen LogP contribution in [0.15, 0.2) is 35.5 Å². The third-order valence-corrected chi connectivity index (χ3v) is 4.35. The van der Waals surface area contributed by atoms with E-state index in [2.05, 4.69) is 20.6 Å². The molecule has 7 heteroatoms. The number of nitrogens with one attached hydrogen (secondary N) is 2. The lowest BCUT2D eigenvalue weighted by Crippen LogP contribution is -2.41. The zero-order valence-corrected chi connectivity index (χ0v) is 17.5. The van der Waals surface area contributed by atoms with Gasteiger partial charge in [-0.1, -0.05) is 12.1 Å². The quantitative estimate of drug-likeness (QED) is 0.537. The summed E-state index contributed by atoms with van der Waals surface area (Å²) in [6.45, 7) is 7.11. The van der Waals surface area contributed by atoms with Gasteiger partial charge in [0.15, 0.2) is 17.5 Å². The Morgan fingerprint density at radius 1 is 1.11 bits per heavy atom. The molecule has 0 fully saturated rings. The molecule has 0 saturated heterocycles. The molecule has 2 N–H and O–H groups in total. The van der Waals surface area contributed by atoms with Crippen LogP contribution < -0.4 is 24.8 Å². The fourth-order valence-corrected chi connectivity index (χ4v) is 2.85. The number of ether oxygens (including phenoxy) is 3. The summed E-state index contributed by atoms with van der Waals surface area (Å²) in [5.41, 5.74) is 2.97. The molecule has 0 aliphatic heterocycles. The monoisotopic (exact) mass is 386 g/mol. The lowest BCUT2D eigenvalue weighted by Gasteiger charge is -2.19. The van der Waals surface area contributed by atoms with Crippen LogP contribution in [0.25, 0.3) is 0 Å². The highest BCUT2D eigenvalue weighted by molar-refractivity contribution is 5.79. The first-order valence-electron chi connectivity index (χ1n) is 9.23. The number of aryl methyl sites for hydroxylation is 1. The summed E-state index contributed by atoms with van der Waals surface area (Å²) in [7, 11) is 5.04. The predicted octanol–water partition coefficient (Wildman–Crippen LogP) is 2.85. The van der Waals surface area contributed by atoms with Crippen LogP contribution in [0.2, 0.25) is 0 Å². The Kier molecular flexibility index (Phi) is 7.92. The first-order chi connectivity index (χ1) is 13.5. The molecule has 0 aliphatic rings. The average molecular weight is 386 g/mol. The van der Waals surface area contributed by atoms with E-state index in [0.717, 1.165) is 22.6 Å². The summed E-state index contributed by atoms with van der Waals surface area (Å²) in [6, 6.07) is 7.60. The minimum atomic E-state index is -0.0748. The van der Waals surface area contributed by atoms with Crippen LogP contribution in [0.1, 0.15) is 23.7 Å². The van der Waals surface area contributed by atoms with E-state index in [1.807, 2.05) is 51.2 Å². The Hall–Kier alpha value is -2.96. The van der Waals surface area contributed by atoms with Crippen LogP contribution >= 0.6 is 0 Å². The number of guanidine groups is 1. The van der Waals surface area contributed by atoms with Crippen LogP contribution in [0.5, 0.6) is 17.2 Å². The third kappa shape index (κ3) is 5.52. The molecule has 2 aromatic rings. The minimum absolute atomic E-state index is 0.0748. The van der Waals surface area contributed by atoms with E-state index in [9.17, 15) is 0 Å². The molecule has 0 amide bonds. The van der Waals surface area contributed by atoms with Gasteiger partial charge in [-0.3, -0.25) is 9.98 Å². The number of nitrogens with zero attached hydrogens (tertiary/aromatic N) is 2. The van der Waals surface area contributed by atoms with Crippen LogP contribution in [0, 0.1) is 13.8 Å². The van der Waals surface area contributed by atoms with Crippen molar-refractivity contribution in [2.75, 3.05) is 27.8 Å². The molecule has 1 aromatic carbocycles. The molecule has 7 nitrogen and oxygen atoms in total. The minimum Gasteiger partial charge on any atom is -0.496 e. The van der Waals surface area contributed by atoms with Crippen molar-refractivity contribution in [3.63, 3.8) is 0 Å². The zero-order chi connectivity index (χ0) is 20.5. The van der Waals surface area contributed by atoms with Crippen LogP contribution in [-0.2, 0) is 6.54 Å². The van der Waals surface area contributed by atoms with E-state index < -0.39 is 0 Å². The highest BCUT2D eigenvalue weighted by Crippen LogP contribution is 2.26. The summed E-state index contributed by atoms with van der Waals surface area (Å²) in [6.07, 6.45) is 1.75. The van der Waals surface area contributed by atoms with Gasteiger partial charge in [-0.15, -0.1) is 0 Å². The van der Waals surface area contributed by atoms with Crippen molar-refractivity contribution >= 4 is 5.96 Å². The van der Waals surface area contributed by atoms with Crippen molar-refractivity contribution in [3.05, 3.63) is 47.3 Å². The summed E-state index contributed by atoms with van der Waals surface area (Å²) in [5, 5.41) is 6.55. The van der Waals surface area contributed by atoms with E-state index in [1.54, 1.807) is 21.3 Å². The highest BCUT2D eigenvalue weighted by atomic mass is 16.5. The molecule has 28 heavy (non-hydrogen) atoms. The van der Waals surface area contributed by atoms with Crippen molar-refractivity contribution in [2.24, 2.45) is 4.99 Å². The van der Waals surface area contributed by atoms with Gasteiger partial charge in [0.2, 0.25) is 0 Å². The number of pyridine rings is 1. The molecular weight excluding hydrogens is 356 g/mol. The van der Waals surface area contributed by atoms with Crippen LogP contribution in [0.4, 0.5) is 0 Å². The Morgan fingerprint density at radius 2 is 1.82 bits per heavy atom. The summed E-state index contributed by atoms with van der Waals surface area (Å²) in [5.74, 6) is 2.98. The van der Waals surface area contributed by atoms with Gasteiger partial charge in [-0.05, 0) is 32.9 Å². The van der Waals surface area contributed by atoms with E-state index in [-0.39, 0.29) is 6.10 Å². The second-order valence-electron chi connectivity index (χ2n) is 6.43. The standard InChI is InChI=1S/C21H30N4O3/c1-14-11-23-17(16(3)20(14)27-6)13-25-21(22-4)24-12-15(2)28-19-10-8-7-9-18(19)26-5/h7-11,15H,12-13H2,1-6H3,(H2,22,24,25). The topological polar surface area (TPSA) is 77.0 Å². The smallest absolute Gasteiger partial charge is 0.191 e. The highest BCUT2D eigenvalue weighted by Gasteiger charge is 2.12. The van der Waals surface area contributed by atoms with E-state index in [4.69, 9.17) is 14.2 Å². The van der Waals surface area contributed by atoms with Crippen molar-refractivity contribution in [2.45, 2.75) is 33.4 Å². The van der Waals surface area contributed by atoms with Crippen molar-refractivity contribution in [1.29, 1.82) is 0 Å². The fraction of sp³-hybridized carbons (Fsp3) is 0.429. The average Bonchev–Trinajstić information content (AvgIpc) is 2.70. The molecule has 1 atom stereocenters. The van der Waals surface area contributed by atoms with E-state index >= 15 is 0 Å². The number of aliphatic imine (C=N–C) groups is 1. The molecule has 1 aromatic heterocycles. The number of hydrogen-bond acceptors (Lipinski definition) is 5. The van der Waals surface area contributed by atoms with Gasteiger partial charge in [0.25, 0.3) is 0 Å². The molecule has 0 spiro atoms. The zero-order valence-electron chi connectivity index (χ0n) is 17.5. The number of hydrogen-bond donors (Lipinski definition) is 2. The summed E-state index contributed by atoms with van der Waals surface area (Å²) in [4.78, 5) is 8.76. The first-order valence-corrected chi connectivity index (χ1v) is 9.23. The van der Waals surface area contributed by atoms with Gasteiger partial charge in [0, 0.05) is 24.4 Å². The van der Waals surface area contributed by atoms with Crippen molar-refractivity contribution < 1.29 is 14.2 Å². The fourth-order valence-electron chi connectivity index (χ4n) is 2.85. The van der Waals surface area contributed by atoms with Crippen molar-refractivity contribution in [1.82, 2.24) is 15.6 Å². The van der Waals surface area contributed by atoms with Gasteiger partial charge in [-0.2, -0.15) is 0 Å². The molecule has 152 valence electrons. The Morgan fingerprint density at radius 3 is 2.46 bits per heavy atom. The largest absolute Gasteiger partial charge is 0.496 e. The second-order valence-corrected chi connectivity index (χ2v) is 6.43. The van der Waals surface area contributed by atoms with E-state index in [1.165, 1.54) is 0 Å². The Bertz CT molecular complexity index is 808. The number of para-hydroxylation sites is 2. The Balaban J connectivity index is 1.89. The SMILES string of the molecule is CN=C(NCc1ncc(C)c(OC)c1C)NCC(C)Oc1ccccc1OC. The molecule has 0 saturated carbocycles. The van der Waals surface area contributed by atoms with E-state index in [0.29, 0.717) is 30.5 Å². The second kappa shape index (κ2) is 10.4.